The maximum Gasteiger partial charge on any atom is 0.0593 e. The van der Waals surface area contributed by atoms with Crippen molar-refractivity contribution in [1.82, 2.24) is 0 Å². The summed E-state index contributed by atoms with van der Waals surface area (Å²) in [6.45, 7) is 0. The lowest BCUT2D eigenvalue weighted by molar-refractivity contribution is 1.64. The molecule has 0 fully saturated rings. The second-order valence-electron chi connectivity index (χ2n) is 7.80. The molecule has 33 heavy (non-hydrogen) atoms. The van der Waals surface area contributed by atoms with E-state index >= 15 is 0 Å². The quantitative estimate of drug-likeness (QED) is 0.248. The van der Waals surface area contributed by atoms with Crippen molar-refractivity contribution in [3.8, 4) is 11.1 Å². The van der Waals surface area contributed by atoms with E-state index in [1.807, 2.05) is 0 Å². The predicted octanol–water partition coefficient (Wildman–Crippen LogP) is 6.75. The van der Waals surface area contributed by atoms with Gasteiger partial charge in [-0.3, -0.25) is 4.52 Å². The van der Waals surface area contributed by atoms with Gasteiger partial charge in [0.1, 0.15) is 0 Å². The fraction of sp³-hybridized carbons (Fsp3) is 0. The van der Waals surface area contributed by atoms with Crippen LogP contribution < -0.4 is 21.2 Å². The Bertz CT molecular complexity index is 1250. The zero-order valence-corrected chi connectivity index (χ0v) is 20.1. The van der Waals surface area contributed by atoms with Crippen LogP contribution in [0.4, 0.5) is 0 Å². The second-order valence-corrected chi connectivity index (χ2v) is 12.2. The summed E-state index contributed by atoms with van der Waals surface area (Å²) in [4.78, 5) is 0. The molecule has 0 aliphatic carbocycles. The highest BCUT2D eigenvalue weighted by Gasteiger charge is 2.26. The van der Waals surface area contributed by atoms with Crippen LogP contribution in [0.15, 0.2) is 150 Å². The third-order valence-electron chi connectivity index (χ3n) is 5.71. The topological polar surface area (TPSA) is 12.4 Å². The predicted molar refractivity (Wildman–Crippen MR) is 147 cm³/mol. The molecule has 5 rings (SSSR count). The minimum atomic E-state index is -2.15. The summed E-state index contributed by atoms with van der Waals surface area (Å²) in [7, 11) is -1.79. The smallest absolute Gasteiger partial charge is 0.0593 e. The summed E-state index contributed by atoms with van der Waals surface area (Å²) in [6, 6.07) is 51.8. The Morgan fingerprint density at radius 1 is 0.394 bits per heavy atom. The first-order valence-electron chi connectivity index (χ1n) is 11.1. The van der Waals surface area contributed by atoms with Gasteiger partial charge in [0.05, 0.1) is 7.05 Å². The molecule has 0 spiro atoms. The fourth-order valence-electron chi connectivity index (χ4n) is 4.05. The molecule has 1 atom stereocenters. The van der Waals surface area contributed by atoms with E-state index in [0.717, 1.165) is 0 Å². The Kier molecular flexibility index (Phi) is 6.63. The van der Waals surface area contributed by atoms with Crippen molar-refractivity contribution >= 4 is 37.0 Å². The van der Waals surface area contributed by atoms with Gasteiger partial charge in [0.15, 0.2) is 0 Å². The van der Waals surface area contributed by atoms with Gasteiger partial charge in [-0.05, 0) is 16.4 Å². The SMILES string of the molecule is c1ccc(-c2ccc(PN=P(c3ccccc3)(c3ccccc3)c3ccccc3)cc2)cc1. The molecule has 0 aliphatic rings. The zero-order valence-electron chi connectivity index (χ0n) is 18.3. The van der Waals surface area contributed by atoms with Crippen LogP contribution in [0.25, 0.3) is 11.1 Å². The van der Waals surface area contributed by atoms with Crippen LogP contribution in [0.2, 0.25) is 0 Å². The van der Waals surface area contributed by atoms with Gasteiger partial charge < -0.3 is 0 Å². The number of rotatable bonds is 6. The lowest BCUT2D eigenvalue weighted by Gasteiger charge is -2.27. The Balaban J connectivity index is 1.63. The molecule has 0 amide bonds. The Morgan fingerprint density at radius 2 is 0.758 bits per heavy atom. The van der Waals surface area contributed by atoms with Crippen LogP contribution in [0.3, 0.4) is 0 Å². The lowest BCUT2D eigenvalue weighted by Crippen LogP contribution is -2.25. The standard InChI is InChI=1S/C30H25NP2/c1-5-13-25(14-6-1)26-21-23-27(24-22-26)32-31-33(28-15-7-2-8-16-28,29-17-9-3-10-18-29)30-19-11-4-12-20-30/h1-24,32H. The van der Waals surface area contributed by atoms with Crippen LogP contribution >= 0.6 is 15.8 Å². The highest BCUT2D eigenvalue weighted by Crippen LogP contribution is 2.49. The van der Waals surface area contributed by atoms with E-state index in [2.05, 4.69) is 146 Å². The largest absolute Gasteiger partial charge is 0.265 e. The summed E-state index contributed by atoms with van der Waals surface area (Å²) < 4.78 is 5.58. The molecule has 0 N–H and O–H groups in total. The molecule has 160 valence electrons. The van der Waals surface area contributed by atoms with Crippen LogP contribution in [0.1, 0.15) is 0 Å². The Morgan fingerprint density at radius 3 is 1.18 bits per heavy atom. The third kappa shape index (κ3) is 4.62. The van der Waals surface area contributed by atoms with E-state index in [-0.39, 0.29) is 0 Å². The molecule has 0 aromatic heterocycles. The van der Waals surface area contributed by atoms with E-state index in [1.165, 1.54) is 32.3 Å². The number of benzene rings is 5. The summed E-state index contributed by atoms with van der Waals surface area (Å²) >= 11 is 0. The van der Waals surface area contributed by atoms with Gasteiger partial charge in [0, 0.05) is 24.6 Å². The first-order valence-corrected chi connectivity index (χ1v) is 13.7. The molecule has 1 unspecified atom stereocenters. The number of nitrogens with zero attached hydrogens (tertiary/aromatic N) is 1. The third-order valence-corrected chi connectivity index (χ3v) is 11.0. The molecule has 5 aromatic carbocycles. The van der Waals surface area contributed by atoms with E-state index in [4.69, 9.17) is 4.52 Å². The Labute approximate surface area is 198 Å². The molecule has 0 saturated heterocycles. The first-order chi connectivity index (χ1) is 16.4. The average molecular weight is 461 g/mol. The second kappa shape index (κ2) is 10.1. The first kappa shape index (κ1) is 21.6. The van der Waals surface area contributed by atoms with Gasteiger partial charge >= 0.3 is 0 Å². The molecule has 5 aromatic rings. The number of hydrogen-bond acceptors (Lipinski definition) is 1. The molecular formula is C30H25NP2. The van der Waals surface area contributed by atoms with Crippen molar-refractivity contribution in [2.45, 2.75) is 0 Å². The van der Waals surface area contributed by atoms with Gasteiger partial charge in [0.2, 0.25) is 0 Å². The van der Waals surface area contributed by atoms with E-state index in [1.54, 1.807) is 0 Å². The minimum absolute atomic E-state index is 0.361. The summed E-state index contributed by atoms with van der Waals surface area (Å²) in [5.41, 5.74) is 2.48. The molecule has 0 aliphatic heterocycles. The monoisotopic (exact) mass is 461 g/mol. The van der Waals surface area contributed by atoms with E-state index in [9.17, 15) is 0 Å². The summed E-state index contributed by atoms with van der Waals surface area (Å²) in [6.07, 6.45) is 0. The average Bonchev–Trinajstić information content (AvgIpc) is 2.92. The van der Waals surface area contributed by atoms with Crippen molar-refractivity contribution in [3.05, 3.63) is 146 Å². The van der Waals surface area contributed by atoms with Gasteiger partial charge in [-0.15, -0.1) is 0 Å². The van der Waals surface area contributed by atoms with Crippen molar-refractivity contribution in [2.24, 2.45) is 4.52 Å². The summed E-state index contributed by atoms with van der Waals surface area (Å²) in [5, 5.41) is 5.12. The van der Waals surface area contributed by atoms with Crippen molar-refractivity contribution < 1.29 is 0 Å². The minimum Gasteiger partial charge on any atom is -0.265 e. The van der Waals surface area contributed by atoms with Gasteiger partial charge in [-0.25, -0.2) is 0 Å². The Hall–Kier alpha value is -3.24. The van der Waals surface area contributed by atoms with E-state index in [0.29, 0.717) is 8.73 Å². The summed E-state index contributed by atoms with van der Waals surface area (Å²) in [5.74, 6) is 0. The molecule has 0 bridgehead atoms. The van der Waals surface area contributed by atoms with Crippen LogP contribution in [-0.4, -0.2) is 0 Å². The van der Waals surface area contributed by atoms with Crippen LogP contribution in [0.5, 0.6) is 0 Å². The van der Waals surface area contributed by atoms with Crippen molar-refractivity contribution in [1.29, 1.82) is 0 Å². The van der Waals surface area contributed by atoms with Gasteiger partial charge in [-0.1, -0.05) is 146 Å². The number of hydrogen-bond donors (Lipinski definition) is 0. The van der Waals surface area contributed by atoms with Gasteiger partial charge in [0.25, 0.3) is 0 Å². The highest BCUT2D eigenvalue weighted by molar-refractivity contribution is 7.89. The zero-order chi connectivity index (χ0) is 22.3. The van der Waals surface area contributed by atoms with E-state index < -0.39 is 7.05 Å². The van der Waals surface area contributed by atoms with Crippen molar-refractivity contribution in [3.63, 3.8) is 0 Å². The van der Waals surface area contributed by atoms with Crippen LogP contribution in [0, 0.1) is 0 Å². The molecular weight excluding hydrogens is 436 g/mol. The molecule has 0 heterocycles. The van der Waals surface area contributed by atoms with Crippen LogP contribution in [-0.2, 0) is 0 Å². The molecule has 0 radical (unpaired) electrons. The normalized spacial score (nSPS) is 11.5. The van der Waals surface area contributed by atoms with Gasteiger partial charge in [-0.2, -0.15) is 0 Å². The fourth-order valence-corrected chi connectivity index (χ4v) is 9.52. The molecule has 0 saturated carbocycles. The maximum atomic E-state index is 5.58. The molecule has 1 nitrogen and oxygen atoms in total. The highest BCUT2D eigenvalue weighted by atomic mass is 31.2. The maximum absolute atomic E-state index is 5.58. The lowest BCUT2D eigenvalue weighted by atomic mass is 10.1. The van der Waals surface area contributed by atoms with Crippen molar-refractivity contribution in [2.75, 3.05) is 0 Å². The molecule has 3 heteroatoms.